The van der Waals surface area contributed by atoms with E-state index < -0.39 is 10.0 Å². The topological polar surface area (TPSA) is 75.6 Å². The molecule has 0 radical (unpaired) electrons. The lowest BCUT2D eigenvalue weighted by Crippen LogP contribution is -2.29. The predicted octanol–water partition coefficient (Wildman–Crippen LogP) is 1.85. The molecule has 1 aromatic carbocycles. The van der Waals surface area contributed by atoms with Crippen LogP contribution in [0.5, 0.6) is 5.75 Å². The van der Waals surface area contributed by atoms with Crippen LogP contribution < -0.4 is 9.46 Å². The third-order valence-corrected chi connectivity index (χ3v) is 5.21. The number of rotatable bonds is 9. The summed E-state index contributed by atoms with van der Waals surface area (Å²) in [6.45, 7) is 4.42. The normalized spacial score (nSPS) is 13.1. The van der Waals surface area contributed by atoms with Crippen molar-refractivity contribution in [1.29, 1.82) is 0 Å². The maximum Gasteiger partial charge on any atom is 0.240 e. The molecule has 1 unspecified atom stereocenters. The number of aliphatic hydroxyl groups excluding tert-OH is 1. The third-order valence-electron chi connectivity index (χ3n) is 2.89. The van der Waals surface area contributed by atoms with Gasteiger partial charge in [-0.05, 0) is 43.0 Å². The average molecular weight is 333 g/mol. The van der Waals surface area contributed by atoms with E-state index in [9.17, 15) is 13.5 Å². The molecular formula is C14H23NO4S2. The van der Waals surface area contributed by atoms with Crippen molar-refractivity contribution in [2.24, 2.45) is 5.92 Å². The second-order valence-corrected chi connectivity index (χ2v) is 7.45. The summed E-state index contributed by atoms with van der Waals surface area (Å²) in [4.78, 5) is 0.145. The molecule has 0 fully saturated rings. The van der Waals surface area contributed by atoms with Gasteiger partial charge in [-0.1, -0.05) is 6.92 Å². The summed E-state index contributed by atoms with van der Waals surface area (Å²) in [5.41, 5.74) is 0.469. The number of sulfonamides is 1. The quantitative estimate of drug-likeness (QED) is 0.721. The number of nitrogens with one attached hydrogen (secondary N) is 1. The van der Waals surface area contributed by atoms with Crippen molar-refractivity contribution in [3.05, 3.63) is 23.8 Å². The fourth-order valence-electron chi connectivity index (χ4n) is 1.82. The zero-order valence-corrected chi connectivity index (χ0v) is 14.3. The number of aliphatic hydroxyl groups is 1. The molecule has 1 atom stereocenters. The molecule has 7 heteroatoms. The van der Waals surface area contributed by atoms with E-state index >= 15 is 0 Å². The zero-order chi connectivity index (χ0) is 15.9. The molecule has 120 valence electrons. The highest BCUT2D eigenvalue weighted by Gasteiger charge is 2.17. The molecule has 0 aromatic heterocycles. The Bertz CT molecular complexity index is 546. The first-order valence-corrected chi connectivity index (χ1v) is 9.67. The van der Waals surface area contributed by atoms with Crippen LogP contribution >= 0.6 is 11.8 Å². The average Bonchev–Trinajstić information content (AvgIpc) is 2.46. The van der Waals surface area contributed by atoms with Crippen molar-refractivity contribution in [2.45, 2.75) is 25.3 Å². The zero-order valence-electron chi connectivity index (χ0n) is 12.6. The van der Waals surface area contributed by atoms with E-state index in [2.05, 4.69) is 4.72 Å². The molecule has 0 aliphatic heterocycles. The molecule has 0 spiro atoms. The van der Waals surface area contributed by atoms with E-state index in [1.165, 1.54) is 12.1 Å². The van der Waals surface area contributed by atoms with E-state index in [0.29, 0.717) is 24.5 Å². The second-order valence-electron chi connectivity index (χ2n) is 4.77. The molecule has 5 nitrogen and oxygen atoms in total. The molecule has 21 heavy (non-hydrogen) atoms. The van der Waals surface area contributed by atoms with Crippen LogP contribution in [0.15, 0.2) is 23.1 Å². The predicted molar refractivity (Wildman–Crippen MR) is 86.3 cm³/mol. The third kappa shape index (κ3) is 5.50. The van der Waals surface area contributed by atoms with Gasteiger partial charge in [-0.2, -0.15) is 11.8 Å². The maximum atomic E-state index is 12.2. The molecule has 0 aliphatic rings. The molecule has 0 amide bonds. The van der Waals surface area contributed by atoms with Gasteiger partial charge in [0.25, 0.3) is 0 Å². The number of hydrogen-bond donors (Lipinski definition) is 2. The fraction of sp³-hybridized carbons (Fsp3) is 0.571. The van der Waals surface area contributed by atoms with Crippen molar-refractivity contribution in [3.8, 4) is 5.75 Å². The Morgan fingerprint density at radius 1 is 1.43 bits per heavy atom. The molecule has 1 aromatic rings. The second kappa shape index (κ2) is 8.63. The highest BCUT2D eigenvalue weighted by molar-refractivity contribution is 7.98. The van der Waals surface area contributed by atoms with Gasteiger partial charge in [0, 0.05) is 12.1 Å². The lowest BCUT2D eigenvalue weighted by molar-refractivity contribution is 0.266. The first-order chi connectivity index (χ1) is 9.94. The Balaban J connectivity index is 2.88. The van der Waals surface area contributed by atoms with Gasteiger partial charge >= 0.3 is 0 Å². The minimum atomic E-state index is -3.56. The summed E-state index contributed by atoms with van der Waals surface area (Å²) in [6, 6.07) is 4.52. The van der Waals surface area contributed by atoms with Gasteiger partial charge in [0.05, 0.1) is 18.1 Å². The largest absolute Gasteiger partial charge is 0.494 e. The van der Waals surface area contributed by atoms with Gasteiger partial charge in [0.15, 0.2) is 0 Å². The Kier molecular flexibility index (Phi) is 7.51. The molecule has 0 heterocycles. The van der Waals surface area contributed by atoms with Crippen LogP contribution in [0.3, 0.4) is 0 Å². The highest BCUT2D eigenvalue weighted by atomic mass is 32.2. The Hall–Kier alpha value is -0.760. The first kappa shape index (κ1) is 18.3. The summed E-state index contributed by atoms with van der Waals surface area (Å²) < 4.78 is 32.4. The van der Waals surface area contributed by atoms with Crippen LogP contribution in [-0.4, -0.2) is 38.7 Å². The lowest BCUT2D eigenvalue weighted by Gasteiger charge is -2.14. The molecule has 0 bridgehead atoms. The van der Waals surface area contributed by atoms with Crippen molar-refractivity contribution in [3.63, 3.8) is 0 Å². The molecule has 0 saturated heterocycles. The SMILES string of the molecule is CCOc1ccc(S(=O)(=O)NCC(C)CSC)cc1CO. The maximum absolute atomic E-state index is 12.2. The molecule has 0 saturated carbocycles. The van der Waals surface area contributed by atoms with Crippen molar-refractivity contribution in [1.82, 2.24) is 4.72 Å². The summed E-state index contributed by atoms with van der Waals surface area (Å²) in [7, 11) is -3.56. The van der Waals surface area contributed by atoms with E-state index in [1.54, 1.807) is 17.8 Å². The van der Waals surface area contributed by atoms with Gasteiger partial charge < -0.3 is 9.84 Å². The van der Waals surface area contributed by atoms with E-state index in [1.807, 2.05) is 20.1 Å². The smallest absolute Gasteiger partial charge is 0.240 e. The Morgan fingerprint density at radius 3 is 2.71 bits per heavy atom. The Morgan fingerprint density at radius 2 is 2.14 bits per heavy atom. The number of benzene rings is 1. The van der Waals surface area contributed by atoms with E-state index in [-0.39, 0.29) is 17.4 Å². The summed E-state index contributed by atoms with van der Waals surface area (Å²) in [5, 5.41) is 9.33. The van der Waals surface area contributed by atoms with Crippen molar-refractivity contribution >= 4 is 21.8 Å². The standard InChI is InChI=1S/C14H23NO4S2/c1-4-19-14-6-5-13(7-12(14)9-16)21(17,18)15-8-11(2)10-20-3/h5-7,11,15-16H,4,8-10H2,1-3H3. The fourth-order valence-corrected chi connectivity index (χ4v) is 3.72. The van der Waals surface area contributed by atoms with Gasteiger partial charge in [0.2, 0.25) is 10.0 Å². The van der Waals surface area contributed by atoms with Crippen molar-refractivity contribution < 1.29 is 18.3 Å². The highest BCUT2D eigenvalue weighted by Crippen LogP contribution is 2.23. The van der Waals surface area contributed by atoms with Gasteiger partial charge in [-0.15, -0.1) is 0 Å². The van der Waals surface area contributed by atoms with Crippen LogP contribution in [0.25, 0.3) is 0 Å². The molecule has 0 aliphatic carbocycles. The number of ether oxygens (including phenoxy) is 1. The Labute approximate surface area is 131 Å². The minimum absolute atomic E-state index is 0.145. The molecule has 2 N–H and O–H groups in total. The van der Waals surface area contributed by atoms with E-state index in [0.717, 1.165) is 5.75 Å². The monoisotopic (exact) mass is 333 g/mol. The van der Waals surface area contributed by atoms with Crippen LogP contribution in [-0.2, 0) is 16.6 Å². The van der Waals surface area contributed by atoms with Gasteiger partial charge in [-0.3, -0.25) is 0 Å². The first-order valence-electron chi connectivity index (χ1n) is 6.79. The van der Waals surface area contributed by atoms with Crippen LogP contribution in [0.2, 0.25) is 0 Å². The summed E-state index contributed by atoms with van der Waals surface area (Å²) in [6.07, 6.45) is 1.99. The summed E-state index contributed by atoms with van der Waals surface area (Å²) >= 11 is 1.69. The van der Waals surface area contributed by atoms with Gasteiger partial charge in [-0.25, -0.2) is 13.1 Å². The number of thioether (sulfide) groups is 1. The molecule has 1 rings (SSSR count). The molecular weight excluding hydrogens is 310 g/mol. The minimum Gasteiger partial charge on any atom is -0.494 e. The van der Waals surface area contributed by atoms with Crippen molar-refractivity contribution in [2.75, 3.05) is 25.2 Å². The van der Waals surface area contributed by atoms with Crippen LogP contribution in [0.1, 0.15) is 19.4 Å². The summed E-state index contributed by atoms with van der Waals surface area (Å²) in [5.74, 6) is 1.66. The van der Waals surface area contributed by atoms with Gasteiger partial charge in [0.1, 0.15) is 5.75 Å². The lowest BCUT2D eigenvalue weighted by atomic mass is 10.2. The van der Waals surface area contributed by atoms with Crippen LogP contribution in [0.4, 0.5) is 0 Å². The van der Waals surface area contributed by atoms with E-state index in [4.69, 9.17) is 4.74 Å². The van der Waals surface area contributed by atoms with Crippen LogP contribution in [0, 0.1) is 5.92 Å². The number of hydrogen-bond acceptors (Lipinski definition) is 5.